The maximum atomic E-state index is 12.9. The lowest BCUT2D eigenvalue weighted by atomic mass is 10.2. The second-order valence-electron chi connectivity index (χ2n) is 5.95. The molecule has 0 aromatic carbocycles. The Morgan fingerprint density at radius 1 is 1.28 bits per heavy atom. The zero-order valence-electron chi connectivity index (χ0n) is 13.3. The molecule has 1 aliphatic rings. The summed E-state index contributed by atoms with van der Waals surface area (Å²) in [5.41, 5.74) is -0.971. The number of rotatable bonds is 6. The molecular weight excluding hydrogens is 375 g/mol. The average molecular weight is 393 g/mol. The van der Waals surface area contributed by atoms with Crippen LogP contribution in [0.1, 0.15) is 31.4 Å². The van der Waals surface area contributed by atoms with Crippen molar-refractivity contribution >= 4 is 21.4 Å². The second-order valence-corrected chi connectivity index (χ2v) is 9.01. The highest BCUT2D eigenvalue weighted by Gasteiger charge is 2.35. The maximum Gasteiger partial charge on any atom is 0.435 e. The minimum atomic E-state index is -4.50. The Morgan fingerprint density at radius 3 is 2.56 bits per heavy atom. The van der Waals surface area contributed by atoms with Crippen LogP contribution in [0.2, 0.25) is 0 Å². The fourth-order valence-corrected chi connectivity index (χ4v) is 5.85. The van der Waals surface area contributed by atoms with Crippen LogP contribution in [-0.4, -0.2) is 35.1 Å². The summed E-state index contributed by atoms with van der Waals surface area (Å²) in [6.07, 6.45) is 0.199. The number of hydrogen-bond donors (Lipinski definition) is 0. The maximum absolute atomic E-state index is 12.9. The van der Waals surface area contributed by atoms with Crippen LogP contribution in [0.5, 0.6) is 0 Å². The van der Waals surface area contributed by atoms with Crippen LogP contribution in [0.4, 0.5) is 13.2 Å². The van der Waals surface area contributed by atoms with Gasteiger partial charge in [-0.05, 0) is 30.4 Å². The highest BCUT2D eigenvalue weighted by Crippen LogP contribution is 2.31. The topological polar surface area (TPSA) is 55.2 Å². The van der Waals surface area contributed by atoms with Crippen molar-refractivity contribution in [3.8, 4) is 0 Å². The van der Waals surface area contributed by atoms with E-state index in [0.29, 0.717) is 0 Å². The molecule has 1 aliphatic carbocycles. The summed E-state index contributed by atoms with van der Waals surface area (Å²) in [4.78, 5) is 0. The minimum Gasteiger partial charge on any atom is -0.271 e. The van der Waals surface area contributed by atoms with Crippen molar-refractivity contribution < 1.29 is 21.6 Å². The molecule has 2 aromatic heterocycles. The molecule has 2 heterocycles. The summed E-state index contributed by atoms with van der Waals surface area (Å²) in [6.45, 7) is 0.182. The van der Waals surface area contributed by atoms with Crippen LogP contribution in [0.25, 0.3) is 0 Å². The van der Waals surface area contributed by atoms with Gasteiger partial charge in [0.2, 0.25) is 0 Å². The van der Waals surface area contributed by atoms with Gasteiger partial charge >= 0.3 is 6.18 Å². The van der Waals surface area contributed by atoms with E-state index in [0.717, 1.165) is 47.8 Å². The summed E-state index contributed by atoms with van der Waals surface area (Å²) in [5.74, 6) is 0. The zero-order chi connectivity index (χ0) is 18.1. The molecule has 2 aromatic rings. The summed E-state index contributed by atoms with van der Waals surface area (Å²) in [7, 11) is -3.64. The summed E-state index contributed by atoms with van der Waals surface area (Å²) in [6, 6.07) is 4.02. The Hall–Kier alpha value is -1.39. The molecule has 3 rings (SSSR count). The van der Waals surface area contributed by atoms with E-state index in [4.69, 9.17) is 0 Å². The van der Waals surface area contributed by atoms with E-state index in [9.17, 15) is 21.6 Å². The Labute approximate surface area is 148 Å². The molecule has 1 saturated carbocycles. The van der Waals surface area contributed by atoms with E-state index >= 15 is 0 Å². The molecule has 0 N–H and O–H groups in total. The van der Waals surface area contributed by atoms with Gasteiger partial charge in [-0.3, -0.25) is 4.68 Å². The zero-order valence-corrected chi connectivity index (χ0v) is 14.9. The SMILES string of the molecule is O=S(=O)(c1cccs1)N(CCn1ccc(C(F)(F)F)n1)C1CCCC1. The molecule has 0 aliphatic heterocycles. The normalized spacial score (nSPS) is 16.8. The van der Waals surface area contributed by atoms with Crippen molar-refractivity contribution in [2.24, 2.45) is 0 Å². The monoisotopic (exact) mass is 393 g/mol. The number of sulfonamides is 1. The molecule has 0 atom stereocenters. The molecule has 1 fully saturated rings. The predicted molar refractivity (Wildman–Crippen MR) is 87.7 cm³/mol. The fraction of sp³-hybridized carbons (Fsp3) is 0.533. The summed E-state index contributed by atoms with van der Waals surface area (Å²) in [5, 5.41) is 5.19. The van der Waals surface area contributed by atoms with Crippen molar-refractivity contribution in [1.82, 2.24) is 14.1 Å². The first-order valence-electron chi connectivity index (χ1n) is 7.94. The number of halogens is 3. The van der Waals surface area contributed by atoms with E-state index in [1.807, 2.05) is 0 Å². The van der Waals surface area contributed by atoms with Gasteiger partial charge in [0.1, 0.15) is 4.21 Å². The predicted octanol–water partition coefficient (Wildman–Crippen LogP) is 3.60. The molecule has 0 saturated heterocycles. The summed E-state index contributed by atoms with van der Waals surface area (Å²) >= 11 is 1.15. The smallest absolute Gasteiger partial charge is 0.271 e. The Kier molecular flexibility index (Phi) is 5.21. The van der Waals surface area contributed by atoms with Gasteiger partial charge in [-0.15, -0.1) is 11.3 Å². The van der Waals surface area contributed by atoms with Crippen LogP contribution in [0.3, 0.4) is 0 Å². The van der Waals surface area contributed by atoms with Crippen LogP contribution >= 0.6 is 11.3 Å². The standard InChI is InChI=1S/C15H18F3N3O2S2/c16-15(17,18)13-7-8-20(19-13)9-10-21(12-4-1-2-5-12)25(22,23)14-6-3-11-24-14/h3,6-8,11-12H,1-2,4-5,9-10H2. The van der Waals surface area contributed by atoms with Crippen molar-refractivity contribution in [2.45, 2.75) is 48.7 Å². The Morgan fingerprint density at radius 2 is 2.00 bits per heavy atom. The molecule has 0 amide bonds. The van der Waals surface area contributed by atoms with Gasteiger partial charge < -0.3 is 0 Å². The first-order valence-corrected chi connectivity index (χ1v) is 10.3. The number of alkyl halides is 3. The van der Waals surface area contributed by atoms with E-state index in [1.165, 1.54) is 10.5 Å². The van der Waals surface area contributed by atoms with Gasteiger partial charge in [-0.2, -0.15) is 22.6 Å². The molecule has 0 radical (unpaired) electrons. The molecule has 0 unspecified atom stereocenters. The van der Waals surface area contributed by atoms with Gasteiger partial charge in [-0.1, -0.05) is 18.9 Å². The third-order valence-electron chi connectivity index (χ3n) is 4.27. The molecule has 25 heavy (non-hydrogen) atoms. The van der Waals surface area contributed by atoms with Gasteiger partial charge in [0, 0.05) is 18.8 Å². The van der Waals surface area contributed by atoms with Crippen molar-refractivity contribution in [1.29, 1.82) is 0 Å². The van der Waals surface area contributed by atoms with E-state index in [2.05, 4.69) is 5.10 Å². The van der Waals surface area contributed by atoms with Crippen LogP contribution in [0.15, 0.2) is 34.0 Å². The average Bonchev–Trinajstić information content (AvgIpc) is 3.29. The van der Waals surface area contributed by atoms with Gasteiger partial charge in [0.05, 0.1) is 6.54 Å². The minimum absolute atomic E-state index is 0.0805. The Bertz CT molecular complexity index is 794. The van der Waals surface area contributed by atoms with E-state index < -0.39 is 21.9 Å². The number of thiophene rings is 1. The molecule has 10 heteroatoms. The largest absolute Gasteiger partial charge is 0.435 e. The van der Waals surface area contributed by atoms with Crippen LogP contribution < -0.4 is 0 Å². The van der Waals surface area contributed by atoms with Crippen molar-refractivity contribution in [2.75, 3.05) is 6.54 Å². The quantitative estimate of drug-likeness (QED) is 0.754. The lowest BCUT2D eigenvalue weighted by molar-refractivity contribution is -0.141. The van der Waals surface area contributed by atoms with Gasteiger partial charge in [0.15, 0.2) is 5.69 Å². The number of aromatic nitrogens is 2. The second kappa shape index (κ2) is 7.08. The van der Waals surface area contributed by atoms with Crippen molar-refractivity contribution in [3.05, 3.63) is 35.5 Å². The third kappa shape index (κ3) is 4.06. The highest BCUT2D eigenvalue weighted by molar-refractivity contribution is 7.91. The van der Waals surface area contributed by atoms with Crippen LogP contribution in [0, 0.1) is 0 Å². The molecule has 0 bridgehead atoms. The molecule has 138 valence electrons. The van der Waals surface area contributed by atoms with E-state index in [-0.39, 0.29) is 23.3 Å². The fourth-order valence-electron chi connectivity index (χ4n) is 3.06. The number of hydrogen-bond acceptors (Lipinski definition) is 4. The molecule has 0 spiro atoms. The molecule has 5 nitrogen and oxygen atoms in total. The number of nitrogens with zero attached hydrogens (tertiary/aromatic N) is 3. The van der Waals surface area contributed by atoms with Gasteiger partial charge in [-0.25, -0.2) is 8.42 Å². The summed E-state index contributed by atoms with van der Waals surface area (Å²) < 4.78 is 66.5. The van der Waals surface area contributed by atoms with Crippen LogP contribution in [-0.2, 0) is 22.7 Å². The Balaban J connectivity index is 1.78. The first-order chi connectivity index (χ1) is 11.8. The van der Waals surface area contributed by atoms with Crippen molar-refractivity contribution in [3.63, 3.8) is 0 Å². The molecular formula is C15H18F3N3O2S2. The van der Waals surface area contributed by atoms with Gasteiger partial charge in [0.25, 0.3) is 10.0 Å². The first kappa shape index (κ1) is 18.4. The van der Waals surface area contributed by atoms with E-state index in [1.54, 1.807) is 17.5 Å². The lowest BCUT2D eigenvalue weighted by Crippen LogP contribution is -2.40. The third-order valence-corrected chi connectivity index (χ3v) is 7.60. The highest BCUT2D eigenvalue weighted by atomic mass is 32.2. The lowest BCUT2D eigenvalue weighted by Gasteiger charge is -2.27.